The molecule has 0 aliphatic carbocycles. The number of carbonyl (C=O) groups excluding carboxylic acids is 1. The molecule has 140 valence electrons. The normalized spacial score (nSPS) is 17.5. The predicted molar refractivity (Wildman–Crippen MR) is 86.3 cm³/mol. The third-order valence-electron chi connectivity index (χ3n) is 2.77. The Labute approximate surface area is 144 Å². The first-order chi connectivity index (χ1) is 10.3. The molecule has 0 amide bonds. The van der Waals surface area contributed by atoms with E-state index in [1.54, 1.807) is 0 Å². The van der Waals surface area contributed by atoms with Gasteiger partial charge in [-0.2, -0.15) is 11.8 Å². The van der Waals surface area contributed by atoms with Crippen LogP contribution in [0.1, 0.15) is 6.42 Å². The van der Waals surface area contributed by atoms with Gasteiger partial charge < -0.3 is 41.1 Å². The van der Waals surface area contributed by atoms with Gasteiger partial charge in [-0.15, -0.1) is 12.4 Å². The van der Waals surface area contributed by atoms with E-state index in [0.717, 1.165) is 0 Å². The molecule has 0 aliphatic rings. The van der Waals surface area contributed by atoms with E-state index in [2.05, 4.69) is 0 Å². The minimum Gasteiger partial charge on any atom is -0.462 e. The maximum atomic E-state index is 11.5. The summed E-state index contributed by atoms with van der Waals surface area (Å²) in [5.41, 5.74) is 5.57. The van der Waals surface area contributed by atoms with Crippen molar-refractivity contribution in [3.63, 3.8) is 0 Å². The second kappa shape index (κ2) is 14.2. The highest BCUT2D eigenvalue weighted by Crippen LogP contribution is 2.07. The summed E-state index contributed by atoms with van der Waals surface area (Å²) in [4.78, 5) is 11.5. The molecule has 0 saturated carbocycles. The van der Waals surface area contributed by atoms with Crippen molar-refractivity contribution < 1.29 is 40.2 Å². The first-order valence-corrected chi connectivity index (χ1v) is 7.94. The lowest BCUT2D eigenvalue weighted by Gasteiger charge is -2.25. The van der Waals surface area contributed by atoms with Crippen molar-refractivity contribution in [3.05, 3.63) is 0 Å². The number of hydrogen-bond donors (Lipinski definition) is 7. The summed E-state index contributed by atoms with van der Waals surface area (Å²) in [7, 11) is 0. The van der Waals surface area contributed by atoms with Gasteiger partial charge in [-0.05, 0) is 12.2 Å². The number of rotatable bonds is 12. The van der Waals surface area contributed by atoms with E-state index in [0.29, 0.717) is 12.2 Å². The Morgan fingerprint density at radius 2 is 1.65 bits per heavy atom. The second-order valence-corrected chi connectivity index (χ2v) is 5.84. The number of carbonyl (C=O) groups is 1. The number of halogens is 1. The highest BCUT2D eigenvalue weighted by Gasteiger charge is 2.31. The number of aliphatic hydroxyl groups excluding tert-OH is 6. The van der Waals surface area contributed by atoms with Crippen LogP contribution in [0.15, 0.2) is 0 Å². The molecule has 5 atom stereocenters. The molecule has 0 aromatic heterocycles. The van der Waals surface area contributed by atoms with E-state index >= 15 is 0 Å². The van der Waals surface area contributed by atoms with Gasteiger partial charge >= 0.3 is 5.97 Å². The maximum absolute atomic E-state index is 11.5. The van der Waals surface area contributed by atoms with Gasteiger partial charge in [0, 0.05) is 12.4 Å². The zero-order chi connectivity index (χ0) is 17.1. The van der Waals surface area contributed by atoms with Crippen molar-refractivity contribution in [1.29, 1.82) is 0 Å². The predicted octanol–water partition coefficient (Wildman–Crippen LogP) is -3.17. The van der Waals surface area contributed by atoms with Crippen molar-refractivity contribution in [2.45, 2.75) is 36.9 Å². The van der Waals surface area contributed by atoms with Crippen LogP contribution >= 0.6 is 24.2 Å². The third-order valence-corrected chi connectivity index (χ3v) is 3.94. The molecule has 0 saturated heterocycles. The highest BCUT2D eigenvalue weighted by molar-refractivity contribution is 7.99. The summed E-state index contributed by atoms with van der Waals surface area (Å²) >= 11 is 1.37. The van der Waals surface area contributed by atoms with E-state index in [-0.39, 0.29) is 24.8 Å². The van der Waals surface area contributed by atoms with Crippen molar-refractivity contribution in [3.8, 4) is 0 Å². The van der Waals surface area contributed by atoms with Crippen LogP contribution in [0.25, 0.3) is 0 Å². The van der Waals surface area contributed by atoms with Gasteiger partial charge in [0.1, 0.15) is 37.1 Å². The summed E-state index contributed by atoms with van der Waals surface area (Å²) in [6.45, 7) is -1.34. The molecule has 0 aliphatic heterocycles. The topological polar surface area (TPSA) is 174 Å². The first kappa shape index (κ1) is 25.1. The zero-order valence-electron chi connectivity index (χ0n) is 12.5. The number of ether oxygens (including phenoxy) is 1. The fraction of sp³-hybridized carbons (Fsp3) is 0.917. The smallest absolute Gasteiger partial charge is 0.323 e. The molecular weight excluding hydrogens is 354 g/mol. The second-order valence-electron chi connectivity index (χ2n) is 4.69. The summed E-state index contributed by atoms with van der Waals surface area (Å²) in [5.74, 6) is 0.146. The van der Waals surface area contributed by atoms with Crippen molar-refractivity contribution >= 4 is 30.1 Å². The molecule has 23 heavy (non-hydrogen) atoms. The number of hydrogen-bond acceptors (Lipinski definition) is 10. The molecule has 0 bridgehead atoms. The number of aliphatic hydroxyl groups is 6. The fourth-order valence-electron chi connectivity index (χ4n) is 1.38. The monoisotopic (exact) mass is 379 g/mol. The SMILES string of the molecule is Cl.N[C@@H](CSCCCO)C(=O)OC[C@H](O)[C@@H](O)[C@H](O)[C@H](O)CO. The maximum Gasteiger partial charge on any atom is 0.323 e. The molecule has 0 aromatic rings. The standard InChI is InChI=1S/C12H25NO8S.ClH/c13-7(6-22-3-1-2-14)12(20)21-5-9(17)11(19)10(18)8(16)4-15;/h7-11,14-19H,1-6,13H2;1H/t7-,8+,9-,10+,11+;/m0./s1. The van der Waals surface area contributed by atoms with Gasteiger partial charge in [0.15, 0.2) is 0 Å². The summed E-state index contributed by atoms with van der Waals surface area (Å²) < 4.78 is 4.72. The molecular formula is C12H26ClNO8S. The lowest BCUT2D eigenvalue weighted by atomic mass is 10.0. The zero-order valence-corrected chi connectivity index (χ0v) is 14.2. The Hall–Kier alpha value is -0.170. The average Bonchev–Trinajstić information content (AvgIpc) is 2.53. The average molecular weight is 380 g/mol. The molecule has 0 spiro atoms. The quantitative estimate of drug-likeness (QED) is 0.135. The van der Waals surface area contributed by atoms with Gasteiger partial charge in [-0.25, -0.2) is 0 Å². The van der Waals surface area contributed by atoms with Crippen LogP contribution in [0.3, 0.4) is 0 Å². The highest BCUT2D eigenvalue weighted by atomic mass is 35.5. The lowest BCUT2D eigenvalue weighted by molar-refractivity contribution is -0.157. The molecule has 9 nitrogen and oxygen atoms in total. The van der Waals surface area contributed by atoms with Crippen LogP contribution in [0.2, 0.25) is 0 Å². The molecule has 0 aromatic carbocycles. The Morgan fingerprint density at radius 1 is 1.09 bits per heavy atom. The van der Waals surface area contributed by atoms with Gasteiger partial charge in [-0.3, -0.25) is 4.79 Å². The van der Waals surface area contributed by atoms with E-state index in [1.807, 2.05) is 0 Å². The Morgan fingerprint density at radius 3 is 2.17 bits per heavy atom. The molecule has 0 fully saturated rings. The van der Waals surface area contributed by atoms with Crippen LogP contribution in [0, 0.1) is 0 Å². The Kier molecular flexibility index (Phi) is 15.5. The van der Waals surface area contributed by atoms with Gasteiger partial charge in [0.05, 0.1) is 6.61 Å². The van der Waals surface area contributed by atoms with Crippen LogP contribution in [-0.2, 0) is 9.53 Å². The van der Waals surface area contributed by atoms with Gasteiger partial charge in [-0.1, -0.05) is 0 Å². The summed E-state index contributed by atoms with van der Waals surface area (Å²) in [5, 5.41) is 54.8. The largest absolute Gasteiger partial charge is 0.462 e. The van der Waals surface area contributed by atoms with E-state index in [1.165, 1.54) is 11.8 Å². The van der Waals surface area contributed by atoms with Crippen LogP contribution in [0.4, 0.5) is 0 Å². The summed E-state index contributed by atoms with van der Waals surface area (Å²) in [6.07, 6.45) is -6.23. The molecule has 0 heterocycles. The van der Waals surface area contributed by atoms with Crippen molar-refractivity contribution in [2.24, 2.45) is 5.73 Å². The van der Waals surface area contributed by atoms with Gasteiger partial charge in [0.25, 0.3) is 0 Å². The Bertz CT molecular complexity index is 315. The minimum atomic E-state index is -1.79. The Balaban J connectivity index is 0. The number of esters is 1. The van der Waals surface area contributed by atoms with Crippen LogP contribution in [0.5, 0.6) is 0 Å². The van der Waals surface area contributed by atoms with E-state index < -0.39 is 49.6 Å². The van der Waals surface area contributed by atoms with Crippen molar-refractivity contribution in [1.82, 2.24) is 0 Å². The fourth-order valence-corrected chi connectivity index (χ4v) is 2.27. The lowest BCUT2D eigenvalue weighted by Crippen LogP contribution is -2.48. The molecule has 8 N–H and O–H groups in total. The number of nitrogens with two attached hydrogens (primary N) is 1. The first-order valence-electron chi connectivity index (χ1n) is 6.79. The van der Waals surface area contributed by atoms with Crippen LogP contribution in [-0.4, -0.2) is 98.4 Å². The van der Waals surface area contributed by atoms with E-state index in [4.69, 9.17) is 25.8 Å². The van der Waals surface area contributed by atoms with Crippen LogP contribution < -0.4 is 5.73 Å². The molecule has 0 rings (SSSR count). The molecule has 0 radical (unpaired) electrons. The molecule has 0 unspecified atom stereocenters. The van der Waals surface area contributed by atoms with Crippen molar-refractivity contribution in [2.75, 3.05) is 31.3 Å². The number of thioether (sulfide) groups is 1. The minimum absolute atomic E-state index is 0. The van der Waals surface area contributed by atoms with E-state index in [9.17, 15) is 20.1 Å². The van der Waals surface area contributed by atoms with Gasteiger partial charge in [0.2, 0.25) is 0 Å². The molecule has 11 heteroatoms. The third kappa shape index (κ3) is 10.3. The summed E-state index contributed by atoms with van der Waals surface area (Å²) in [6, 6.07) is -0.916.